The second-order valence-corrected chi connectivity index (χ2v) is 1.79. The van der Waals surface area contributed by atoms with Crippen molar-refractivity contribution in [3.8, 4) is 0 Å². The number of halogens is 2. The van der Waals surface area contributed by atoms with Crippen LogP contribution in [0.15, 0.2) is 0 Å². The normalized spacial score (nSPS) is 10.3. The number of rotatable bonds is 3. The van der Waals surface area contributed by atoms with Gasteiger partial charge >= 0.3 is 40.8 Å². The van der Waals surface area contributed by atoms with Gasteiger partial charge in [-0.1, -0.05) is 0 Å². The summed E-state index contributed by atoms with van der Waals surface area (Å²) in [5.41, 5.74) is 0. The van der Waals surface area contributed by atoms with Crippen molar-refractivity contribution in [2.75, 3.05) is 0 Å². The molecule has 54 valence electrons. The summed E-state index contributed by atoms with van der Waals surface area (Å²) in [7, 11) is 0. The van der Waals surface area contributed by atoms with Gasteiger partial charge in [-0.25, -0.2) is 4.79 Å². The number of hydrogen-bond donors (Lipinski definition) is 1. The van der Waals surface area contributed by atoms with Crippen molar-refractivity contribution in [3.05, 3.63) is 0 Å². The van der Waals surface area contributed by atoms with Crippen LogP contribution in [0.2, 0.25) is 0 Å². The molecule has 0 amide bonds. The third-order valence-corrected chi connectivity index (χ3v) is 0.840. The molecule has 10 heavy (non-hydrogen) atoms. The average molecular weight is 182 g/mol. The summed E-state index contributed by atoms with van der Waals surface area (Å²) >= 11 is -0.947. The maximum atomic E-state index is 11.6. The van der Waals surface area contributed by atoms with E-state index < -0.39 is 23.3 Å². The molecule has 4 nitrogen and oxygen atoms in total. The van der Waals surface area contributed by atoms with E-state index in [9.17, 15) is 13.6 Å². The molecule has 0 atom stereocenters. The molecular formula is C2HF2NaO4S. The fourth-order valence-corrected chi connectivity index (χ4v) is 0.235. The quantitative estimate of drug-likeness (QED) is 0.213. The van der Waals surface area contributed by atoms with Crippen molar-refractivity contribution in [1.82, 2.24) is 0 Å². The molecule has 0 spiro atoms. The van der Waals surface area contributed by atoms with E-state index in [4.69, 9.17) is 10.4 Å². The van der Waals surface area contributed by atoms with Gasteiger partial charge in [-0.2, -0.15) is 8.78 Å². The number of carboxylic acids is 1. The number of hydrogen-bond acceptors (Lipinski definition) is 4. The Balaban J connectivity index is 0. The van der Waals surface area contributed by atoms with Crippen LogP contribution in [0, 0.1) is 0 Å². The van der Waals surface area contributed by atoms with Gasteiger partial charge in [0.15, 0.2) is 0 Å². The average Bonchev–Trinajstić information content (AvgIpc) is 1.65. The Morgan fingerprint density at radius 1 is 1.70 bits per heavy atom. The third-order valence-electron chi connectivity index (χ3n) is 0.388. The molecule has 0 radical (unpaired) electrons. The predicted octanol–water partition coefficient (Wildman–Crippen LogP) is -3.39. The third kappa shape index (κ3) is 4.42. The molecule has 0 saturated heterocycles. The molecule has 0 bridgehead atoms. The van der Waals surface area contributed by atoms with Gasteiger partial charge in [-0.15, -0.1) is 0 Å². The largest absolute Gasteiger partial charge is 1.00 e. The molecule has 0 aromatic heterocycles. The maximum absolute atomic E-state index is 11.6. The summed E-state index contributed by atoms with van der Waals surface area (Å²) in [4.78, 5) is 9.42. The van der Waals surface area contributed by atoms with Gasteiger partial charge in [-0.05, 0) is 0 Å². The minimum atomic E-state index is -4.15. The molecule has 8 heteroatoms. The first-order valence-electron chi connectivity index (χ1n) is 1.59. The SMILES string of the molecule is O=C(O)C(F)(F)SO[O-].[Na+]. The molecule has 0 saturated carbocycles. The van der Waals surface area contributed by atoms with Crippen LogP contribution in [-0.2, 0) is 9.13 Å². The number of carboxylic acid groups (broad SMARTS) is 1. The smallest absolute Gasteiger partial charge is 0.710 e. The number of carbonyl (C=O) groups is 1. The van der Waals surface area contributed by atoms with E-state index in [-0.39, 0.29) is 29.6 Å². The zero-order valence-electron chi connectivity index (χ0n) is 4.84. The van der Waals surface area contributed by atoms with E-state index in [2.05, 4.69) is 4.33 Å². The summed E-state index contributed by atoms with van der Waals surface area (Å²) in [5.74, 6) is -2.40. The Bertz CT molecular complexity index is 120. The maximum Gasteiger partial charge on any atom is 1.00 e. The summed E-state index contributed by atoms with van der Waals surface area (Å²) in [6, 6.07) is 0. The van der Waals surface area contributed by atoms with E-state index in [1.807, 2.05) is 0 Å². The van der Waals surface area contributed by atoms with Crippen LogP contribution in [0.4, 0.5) is 8.78 Å². The van der Waals surface area contributed by atoms with E-state index in [1.54, 1.807) is 0 Å². The van der Waals surface area contributed by atoms with Crippen molar-refractivity contribution >= 4 is 18.0 Å². The standard InChI is InChI=1S/C2H2F2O4S.Na/c3-2(4,1(5)6)9-8-7;/h7H,(H,5,6);/q;+1/p-1. The fourth-order valence-electron chi connectivity index (χ4n) is 0.0784. The Kier molecular flexibility index (Phi) is 6.97. The Morgan fingerprint density at radius 3 is 2.20 bits per heavy atom. The summed E-state index contributed by atoms with van der Waals surface area (Å²) in [6.07, 6.45) is 0. The fraction of sp³-hybridized carbons (Fsp3) is 0.500. The number of aliphatic carboxylic acids is 1. The van der Waals surface area contributed by atoms with Crippen molar-refractivity contribution < 1.29 is 57.8 Å². The Morgan fingerprint density at radius 2 is 2.10 bits per heavy atom. The summed E-state index contributed by atoms with van der Waals surface area (Å²) < 4.78 is 25.8. The molecule has 0 heterocycles. The Labute approximate surface area is 81.0 Å². The Hall–Kier alpha value is 0.600. The van der Waals surface area contributed by atoms with Crippen molar-refractivity contribution in [1.29, 1.82) is 0 Å². The first kappa shape index (κ1) is 13.2. The van der Waals surface area contributed by atoms with Gasteiger partial charge in [0.2, 0.25) is 0 Å². The molecule has 0 aromatic carbocycles. The van der Waals surface area contributed by atoms with Crippen LogP contribution in [0.1, 0.15) is 0 Å². The van der Waals surface area contributed by atoms with Crippen LogP contribution < -0.4 is 34.8 Å². The van der Waals surface area contributed by atoms with Crippen molar-refractivity contribution in [3.63, 3.8) is 0 Å². The summed E-state index contributed by atoms with van der Waals surface area (Å²) in [5, 5.41) is 12.4. The molecule has 0 unspecified atom stereocenters. The summed E-state index contributed by atoms with van der Waals surface area (Å²) in [6.45, 7) is 0. The number of alkyl halides is 2. The van der Waals surface area contributed by atoms with Crippen LogP contribution in [0.5, 0.6) is 0 Å². The predicted molar refractivity (Wildman–Crippen MR) is 21.3 cm³/mol. The van der Waals surface area contributed by atoms with Gasteiger partial charge in [0.25, 0.3) is 0 Å². The molecular weight excluding hydrogens is 181 g/mol. The molecule has 0 fully saturated rings. The van der Waals surface area contributed by atoms with Crippen LogP contribution in [0.3, 0.4) is 0 Å². The first-order valence-corrected chi connectivity index (χ1v) is 2.33. The first-order chi connectivity index (χ1) is 4.00. The van der Waals surface area contributed by atoms with Gasteiger partial charge in [-0.3, -0.25) is 0 Å². The van der Waals surface area contributed by atoms with Crippen molar-refractivity contribution in [2.24, 2.45) is 0 Å². The van der Waals surface area contributed by atoms with Crippen LogP contribution in [-0.4, -0.2) is 16.3 Å². The molecule has 0 aliphatic carbocycles. The topological polar surface area (TPSA) is 69.6 Å². The monoisotopic (exact) mass is 182 g/mol. The van der Waals surface area contributed by atoms with Gasteiger partial charge in [0.05, 0.1) is 12.0 Å². The molecule has 0 aliphatic rings. The molecule has 1 N–H and O–H groups in total. The molecule has 0 aromatic rings. The zero-order valence-corrected chi connectivity index (χ0v) is 7.65. The second-order valence-electron chi connectivity index (χ2n) is 0.973. The van der Waals surface area contributed by atoms with Crippen molar-refractivity contribution in [2.45, 2.75) is 5.25 Å². The van der Waals surface area contributed by atoms with Gasteiger partial charge in [0.1, 0.15) is 0 Å². The molecule has 0 rings (SSSR count). The van der Waals surface area contributed by atoms with E-state index >= 15 is 0 Å². The second kappa shape index (κ2) is 5.28. The van der Waals surface area contributed by atoms with Gasteiger partial charge < -0.3 is 14.7 Å². The van der Waals surface area contributed by atoms with E-state index in [0.717, 1.165) is 0 Å². The zero-order chi connectivity index (χ0) is 7.49. The molecule has 0 aliphatic heterocycles. The van der Waals surface area contributed by atoms with E-state index in [0.29, 0.717) is 0 Å². The van der Waals surface area contributed by atoms with Crippen LogP contribution >= 0.6 is 12.0 Å². The minimum absolute atomic E-state index is 0. The van der Waals surface area contributed by atoms with Gasteiger partial charge in [0, 0.05) is 0 Å². The van der Waals surface area contributed by atoms with Crippen LogP contribution in [0.25, 0.3) is 0 Å². The van der Waals surface area contributed by atoms with E-state index in [1.165, 1.54) is 0 Å². The minimum Gasteiger partial charge on any atom is -0.710 e.